The highest BCUT2D eigenvalue weighted by molar-refractivity contribution is 6.38. The number of ether oxygens (including phenoxy) is 1. The Hall–Kier alpha value is -1.84. The number of esters is 1. The maximum Gasteiger partial charge on any atom is 0.331 e. The average molecular weight is 350 g/mol. The van der Waals surface area contributed by atoms with Gasteiger partial charge in [0.2, 0.25) is 0 Å². The van der Waals surface area contributed by atoms with E-state index in [1.807, 2.05) is 30.3 Å². The van der Waals surface area contributed by atoms with Crippen molar-refractivity contribution in [3.63, 3.8) is 0 Å². The number of nitrogens with zero attached hydrogens (tertiary/aromatic N) is 1. The maximum atomic E-state index is 12.1. The first-order valence-corrected chi connectivity index (χ1v) is 8.05. The highest BCUT2D eigenvalue weighted by Crippen LogP contribution is 2.22. The molecule has 0 unspecified atom stereocenters. The van der Waals surface area contributed by atoms with E-state index in [0.29, 0.717) is 28.6 Å². The first-order valence-electron chi connectivity index (χ1n) is 7.29. The molecule has 5 heteroatoms. The van der Waals surface area contributed by atoms with E-state index >= 15 is 0 Å². The van der Waals surface area contributed by atoms with Crippen LogP contribution in [0.4, 0.5) is 0 Å². The summed E-state index contributed by atoms with van der Waals surface area (Å²) in [5.74, 6) is -0.365. The minimum atomic E-state index is -0.635. The van der Waals surface area contributed by atoms with Crippen molar-refractivity contribution in [2.24, 2.45) is 4.99 Å². The number of carbonyl (C=O) groups excluding carboxylic acids is 1. The molecule has 0 fully saturated rings. The molecular weight excluding hydrogens is 333 g/mol. The standard InChI is InChI=1S/C18H17Cl2NO2/c1-2-23-18(22)17(11-13-7-4-3-5-8-13)21-12-14-15(19)9-6-10-16(14)20/h3-10,12,17H,2,11H2,1H3/t17-/m0/s1. The van der Waals surface area contributed by atoms with E-state index in [2.05, 4.69) is 4.99 Å². The van der Waals surface area contributed by atoms with E-state index < -0.39 is 6.04 Å². The zero-order valence-electron chi connectivity index (χ0n) is 12.7. The number of carbonyl (C=O) groups is 1. The second-order valence-electron chi connectivity index (χ2n) is 4.87. The smallest absolute Gasteiger partial charge is 0.331 e. The van der Waals surface area contributed by atoms with Crippen molar-refractivity contribution in [2.45, 2.75) is 19.4 Å². The Labute approximate surface area is 145 Å². The molecule has 0 aliphatic heterocycles. The van der Waals surface area contributed by atoms with Crippen molar-refractivity contribution in [1.82, 2.24) is 0 Å². The van der Waals surface area contributed by atoms with Gasteiger partial charge in [-0.05, 0) is 24.6 Å². The number of hydrogen-bond donors (Lipinski definition) is 0. The van der Waals surface area contributed by atoms with E-state index in [4.69, 9.17) is 27.9 Å². The summed E-state index contributed by atoms with van der Waals surface area (Å²) in [6, 6.07) is 14.2. The van der Waals surface area contributed by atoms with E-state index in [9.17, 15) is 4.79 Å². The third-order valence-corrected chi connectivity index (χ3v) is 3.87. The first-order chi connectivity index (χ1) is 11.1. The molecule has 0 aliphatic rings. The fourth-order valence-electron chi connectivity index (χ4n) is 2.07. The van der Waals surface area contributed by atoms with Gasteiger partial charge >= 0.3 is 5.97 Å². The summed E-state index contributed by atoms with van der Waals surface area (Å²) in [6.45, 7) is 2.08. The van der Waals surface area contributed by atoms with Gasteiger partial charge in [-0.1, -0.05) is 59.6 Å². The van der Waals surface area contributed by atoms with Crippen LogP contribution in [0.15, 0.2) is 53.5 Å². The van der Waals surface area contributed by atoms with Crippen LogP contribution < -0.4 is 0 Å². The summed E-state index contributed by atoms with van der Waals surface area (Å²) in [4.78, 5) is 16.5. The maximum absolute atomic E-state index is 12.1. The van der Waals surface area contributed by atoms with E-state index in [1.54, 1.807) is 25.1 Å². The molecule has 2 aromatic rings. The molecule has 0 N–H and O–H groups in total. The van der Waals surface area contributed by atoms with Crippen LogP contribution in [0.1, 0.15) is 18.1 Å². The molecule has 1 atom stereocenters. The molecule has 2 rings (SSSR count). The quantitative estimate of drug-likeness (QED) is 0.565. The van der Waals surface area contributed by atoms with E-state index in [1.165, 1.54) is 6.21 Å². The van der Waals surface area contributed by atoms with Crippen LogP contribution >= 0.6 is 23.2 Å². The van der Waals surface area contributed by atoms with Crippen molar-refractivity contribution in [3.05, 3.63) is 69.7 Å². The summed E-state index contributed by atoms with van der Waals surface area (Å²) < 4.78 is 5.11. The molecule has 0 bridgehead atoms. The SMILES string of the molecule is CCOC(=O)[C@H](Cc1ccccc1)N=Cc1c(Cl)cccc1Cl. The number of aliphatic imine (C=N–C) groups is 1. The lowest BCUT2D eigenvalue weighted by Crippen LogP contribution is -2.24. The zero-order valence-corrected chi connectivity index (χ0v) is 14.2. The van der Waals surface area contributed by atoms with Crippen LogP contribution in [-0.2, 0) is 16.0 Å². The van der Waals surface area contributed by atoms with Crippen LogP contribution in [-0.4, -0.2) is 24.8 Å². The fraction of sp³-hybridized carbons (Fsp3) is 0.222. The topological polar surface area (TPSA) is 38.7 Å². The van der Waals surface area contributed by atoms with Gasteiger partial charge in [-0.15, -0.1) is 0 Å². The normalized spacial score (nSPS) is 12.3. The molecule has 0 heterocycles. The number of hydrogen-bond acceptors (Lipinski definition) is 3. The van der Waals surface area contributed by atoms with Crippen LogP contribution in [0, 0.1) is 0 Å². The van der Waals surface area contributed by atoms with Gasteiger partial charge in [-0.25, -0.2) is 4.79 Å². The van der Waals surface area contributed by atoms with Gasteiger partial charge in [0.05, 0.1) is 16.7 Å². The lowest BCUT2D eigenvalue weighted by atomic mass is 10.1. The second kappa shape index (κ2) is 8.70. The van der Waals surface area contributed by atoms with Crippen LogP contribution in [0.3, 0.4) is 0 Å². The summed E-state index contributed by atoms with van der Waals surface area (Å²) in [6.07, 6.45) is 1.99. The Kier molecular flexibility index (Phi) is 6.63. The predicted molar refractivity (Wildman–Crippen MR) is 94.6 cm³/mol. The Morgan fingerprint density at radius 2 is 1.78 bits per heavy atom. The Morgan fingerprint density at radius 1 is 1.13 bits per heavy atom. The second-order valence-corrected chi connectivity index (χ2v) is 5.69. The molecule has 0 radical (unpaired) electrons. The summed E-state index contributed by atoms with van der Waals surface area (Å²) >= 11 is 12.2. The van der Waals surface area contributed by atoms with E-state index in [0.717, 1.165) is 5.56 Å². The van der Waals surface area contributed by atoms with Crippen LogP contribution in [0.2, 0.25) is 10.0 Å². The molecule has 120 valence electrons. The average Bonchev–Trinajstić information content (AvgIpc) is 2.54. The van der Waals surface area contributed by atoms with Crippen molar-refractivity contribution >= 4 is 35.4 Å². The minimum absolute atomic E-state index is 0.312. The van der Waals surface area contributed by atoms with Gasteiger partial charge in [0.1, 0.15) is 0 Å². The third kappa shape index (κ3) is 5.08. The molecule has 3 nitrogen and oxygen atoms in total. The summed E-state index contributed by atoms with van der Waals surface area (Å²) in [5.41, 5.74) is 1.60. The molecule has 0 aliphatic carbocycles. The number of benzene rings is 2. The largest absolute Gasteiger partial charge is 0.464 e. The number of rotatable bonds is 6. The first kappa shape index (κ1) is 17.5. The van der Waals surface area contributed by atoms with Crippen LogP contribution in [0.25, 0.3) is 0 Å². The van der Waals surface area contributed by atoms with Gasteiger partial charge in [-0.3, -0.25) is 4.99 Å². The van der Waals surface area contributed by atoms with Gasteiger partial charge in [0, 0.05) is 18.2 Å². The lowest BCUT2D eigenvalue weighted by molar-refractivity contribution is -0.144. The molecular formula is C18H17Cl2NO2. The monoisotopic (exact) mass is 349 g/mol. The molecule has 23 heavy (non-hydrogen) atoms. The highest BCUT2D eigenvalue weighted by Gasteiger charge is 2.19. The number of halogens is 2. The van der Waals surface area contributed by atoms with Crippen molar-refractivity contribution in [3.8, 4) is 0 Å². The molecule has 0 spiro atoms. The van der Waals surface area contributed by atoms with Crippen molar-refractivity contribution in [2.75, 3.05) is 6.61 Å². The van der Waals surface area contributed by atoms with E-state index in [-0.39, 0.29) is 5.97 Å². The summed E-state index contributed by atoms with van der Waals surface area (Å²) in [7, 11) is 0. The Bertz CT molecular complexity index is 666. The minimum Gasteiger partial charge on any atom is -0.464 e. The molecule has 0 saturated heterocycles. The highest BCUT2D eigenvalue weighted by atomic mass is 35.5. The van der Waals surface area contributed by atoms with Crippen molar-refractivity contribution in [1.29, 1.82) is 0 Å². The van der Waals surface area contributed by atoms with Gasteiger partial charge in [-0.2, -0.15) is 0 Å². The lowest BCUT2D eigenvalue weighted by Gasteiger charge is -2.12. The van der Waals surface area contributed by atoms with Crippen molar-refractivity contribution < 1.29 is 9.53 Å². The molecule has 0 aromatic heterocycles. The zero-order chi connectivity index (χ0) is 16.7. The Balaban J connectivity index is 2.23. The molecule has 0 saturated carbocycles. The van der Waals surface area contributed by atoms with Crippen LogP contribution in [0.5, 0.6) is 0 Å². The molecule has 0 amide bonds. The van der Waals surface area contributed by atoms with Gasteiger partial charge in [0.25, 0.3) is 0 Å². The third-order valence-electron chi connectivity index (χ3n) is 3.21. The fourth-order valence-corrected chi connectivity index (χ4v) is 2.57. The van der Waals surface area contributed by atoms with Gasteiger partial charge < -0.3 is 4.74 Å². The summed E-state index contributed by atoms with van der Waals surface area (Å²) in [5, 5.41) is 0.979. The van der Waals surface area contributed by atoms with Gasteiger partial charge in [0.15, 0.2) is 6.04 Å². The predicted octanol–water partition coefficient (Wildman–Crippen LogP) is 4.59. The molecule has 2 aromatic carbocycles. The Morgan fingerprint density at radius 3 is 2.39 bits per heavy atom.